The van der Waals surface area contributed by atoms with Crippen molar-refractivity contribution in [3.63, 3.8) is 0 Å². The largest absolute Gasteiger partial charge is 0.335 e. The van der Waals surface area contributed by atoms with Gasteiger partial charge in [0.2, 0.25) is 0 Å². The zero-order valence-corrected chi connectivity index (χ0v) is 21.4. The van der Waals surface area contributed by atoms with Crippen LogP contribution in [0, 0.1) is 5.82 Å². The molecule has 0 saturated carbocycles. The van der Waals surface area contributed by atoms with Crippen molar-refractivity contribution in [3.8, 4) is 0 Å². The fraction of sp³-hybridized carbons (Fsp3) is 0.148. The van der Waals surface area contributed by atoms with Crippen molar-refractivity contribution in [1.82, 2.24) is 14.8 Å². The van der Waals surface area contributed by atoms with Gasteiger partial charge in [-0.2, -0.15) is 0 Å². The molecule has 38 heavy (non-hydrogen) atoms. The zero-order chi connectivity index (χ0) is 26.9. The highest BCUT2D eigenvalue weighted by molar-refractivity contribution is 7.93. The van der Waals surface area contributed by atoms with Crippen LogP contribution in [0.2, 0.25) is 0 Å². The van der Waals surface area contributed by atoms with Gasteiger partial charge in [0.25, 0.3) is 21.8 Å². The van der Waals surface area contributed by atoms with Crippen molar-refractivity contribution in [2.75, 3.05) is 30.9 Å². The minimum absolute atomic E-state index is 0.0297. The molecule has 8 nitrogen and oxygen atoms in total. The van der Waals surface area contributed by atoms with Crippen LogP contribution in [0.25, 0.3) is 10.9 Å². The second-order valence-corrected chi connectivity index (χ2v) is 10.7. The number of sulfonamides is 1. The molecule has 1 aliphatic heterocycles. The van der Waals surface area contributed by atoms with Crippen molar-refractivity contribution in [2.24, 2.45) is 0 Å². The number of rotatable bonds is 5. The second-order valence-electron chi connectivity index (χ2n) is 9.03. The van der Waals surface area contributed by atoms with Crippen LogP contribution >= 0.6 is 0 Å². The highest BCUT2D eigenvalue weighted by Crippen LogP contribution is 2.24. The number of hydrogen-bond donors (Lipinski definition) is 1. The number of para-hydroxylation sites is 1. The number of hydrogen-bond acceptors (Lipinski definition) is 5. The third kappa shape index (κ3) is 4.97. The summed E-state index contributed by atoms with van der Waals surface area (Å²) in [5, 5.41) is 0.710. The van der Waals surface area contributed by atoms with E-state index in [1.807, 2.05) is 0 Å². The van der Waals surface area contributed by atoms with E-state index in [1.54, 1.807) is 72.4 Å². The highest BCUT2D eigenvalue weighted by Gasteiger charge is 2.27. The molecule has 1 N–H and O–H groups in total. The van der Waals surface area contributed by atoms with Crippen molar-refractivity contribution in [2.45, 2.75) is 4.90 Å². The predicted octanol–water partition coefficient (Wildman–Crippen LogP) is 2.03. The molecule has 192 valence electrons. The maximum absolute atomic E-state index is 14.4. The Morgan fingerprint density at radius 3 is 2.18 bits per heavy atom. The monoisotopic (exact) mass is 530 g/mol. The number of amides is 2. The van der Waals surface area contributed by atoms with Gasteiger partial charge < -0.3 is 9.80 Å². The Morgan fingerprint density at radius 1 is 0.842 bits per heavy atom. The average Bonchev–Trinajstić information content (AvgIpc) is 2.94. The Balaban J connectivity index is 1.23. The lowest BCUT2D eigenvalue weighted by Gasteiger charge is -2.35. The van der Waals surface area contributed by atoms with Crippen LogP contribution in [0.4, 0.5) is 10.1 Å². The van der Waals surface area contributed by atoms with Crippen molar-refractivity contribution < 1.29 is 22.4 Å². The number of carbonyl (C=O) groups excluding carboxylic acids is 2. The van der Waals surface area contributed by atoms with Gasteiger partial charge >= 0.3 is 0 Å². The lowest BCUT2D eigenvalue weighted by atomic mass is 9.93. The van der Waals surface area contributed by atoms with Crippen LogP contribution in [0.1, 0.15) is 20.7 Å². The molecule has 5 rings (SSSR count). The minimum Gasteiger partial charge on any atom is -0.335 e. The van der Waals surface area contributed by atoms with E-state index in [2.05, 4.69) is 9.71 Å². The molecule has 0 spiro atoms. The summed E-state index contributed by atoms with van der Waals surface area (Å²) in [7, 11) is -2.30. The first-order valence-corrected chi connectivity index (χ1v) is 13.5. The molecule has 0 unspecified atom stereocenters. The molecule has 0 atom stereocenters. The lowest BCUT2D eigenvalue weighted by Crippen LogP contribution is -2.50. The number of carbonyl (C=O) groups is 2. The van der Waals surface area contributed by atoms with Gasteiger partial charge in [0, 0.05) is 49.0 Å². The molecule has 0 radical (unpaired) electrons. The van der Waals surface area contributed by atoms with E-state index in [-0.39, 0.29) is 29.5 Å². The van der Waals surface area contributed by atoms with E-state index >= 15 is 0 Å². The van der Waals surface area contributed by atoms with Gasteiger partial charge in [-0.05, 0) is 42.5 Å². The average molecular weight is 530 g/mol. The van der Waals surface area contributed by atoms with Gasteiger partial charge in [-0.1, -0.05) is 35.8 Å². The maximum atomic E-state index is 14.4. The number of fused-ring (bicyclic) bond motifs is 1. The molecule has 3 aromatic carbocycles. The Labute approximate surface area is 220 Å². The normalized spacial score (nSPS) is 13.9. The Hall–Kier alpha value is -4.25. The lowest BCUT2D eigenvalue weighted by molar-refractivity contribution is 0.0533. The van der Waals surface area contributed by atoms with E-state index < -0.39 is 21.7 Å². The van der Waals surface area contributed by atoms with Gasteiger partial charge in [-0.3, -0.25) is 19.3 Å². The number of anilines is 1. The summed E-state index contributed by atoms with van der Waals surface area (Å²) in [5.74, 6) is -1.15. The first kappa shape index (κ1) is 25.4. The molecular formula is C27H24BFN4O4S. The van der Waals surface area contributed by atoms with E-state index in [0.29, 0.717) is 40.7 Å². The van der Waals surface area contributed by atoms with Crippen molar-refractivity contribution in [3.05, 3.63) is 95.9 Å². The number of nitrogens with zero attached hydrogens (tertiary/aromatic N) is 3. The number of halogens is 1. The van der Waals surface area contributed by atoms with Gasteiger partial charge in [-0.15, -0.1) is 0 Å². The van der Waals surface area contributed by atoms with Crippen LogP contribution in [0.5, 0.6) is 0 Å². The molecule has 2 amide bonds. The predicted molar refractivity (Wildman–Crippen MR) is 145 cm³/mol. The Bertz CT molecular complexity index is 1630. The minimum atomic E-state index is -3.91. The molecule has 2 heterocycles. The zero-order valence-electron chi connectivity index (χ0n) is 20.6. The molecule has 11 heteroatoms. The third-order valence-corrected chi connectivity index (χ3v) is 7.96. The summed E-state index contributed by atoms with van der Waals surface area (Å²) in [5.41, 5.74) is 1.51. The number of piperazine rings is 1. The summed E-state index contributed by atoms with van der Waals surface area (Å²) in [6, 6.07) is 19.4. The molecule has 1 saturated heterocycles. The first-order chi connectivity index (χ1) is 18.2. The molecule has 0 bridgehead atoms. The SMILES string of the molecule is Bc1cccc(C(=O)N2CCN(C(=O)c3ccc(NS(=O)(=O)c4cccc5cccnc45)cc3)CC2)c1F. The molecule has 1 aliphatic rings. The third-order valence-electron chi connectivity index (χ3n) is 6.55. The van der Waals surface area contributed by atoms with Gasteiger partial charge in [-0.25, -0.2) is 12.8 Å². The van der Waals surface area contributed by atoms with Crippen LogP contribution < -0.4 is 10.2 Å². The van der Waals surface area contributed by atoms with Gasteiger partial charge in [0.1, 0.15) is 18.6 Å². The summed E-state index contributed by atoms with van der Waals surface area (Å²) >= 11 is 0. The van der Waals surface area contributed by atoms with Gasteiger partial charge in [0.05, 0.1) is 11.1 Å². The highest BCUT2D eigenvalue weighted by atomic mass is 32.2. The Kier molecular flexibility index (Phi) is 6.86. The van der Waals surface area contributed by atoms with Gasteiger partial charge in [0.15, 0.2) is 0 Å². The fourth-order valence-corrected chi connectivity index (χ4v) is 5.70. The maximum Gasteiger partial charge on any atom is 0.264 e. The molecule has 1 fully saturated rings. The van der Waals surface area contributed by atoms with Crippen LogP contribution in [-0.4, -0.2) is 69.0 Å². The summed E-state index contributed by atoms with van der Waals surface area (Å²) in [6.45, 7) is 1.19. The standard InChI is InChI=1S/C27H24BFN4O4S/c28-22-7-2-6-21(24(22)29)27(35)33-16-14-32(15-17-33)26(34)19-9-11-20(12-10-19)31-38(36,37)23-8-1-4-18-5-3-13-30-25(18)23/h1-13,31H,14-17,28H2. The van der Waals surface area contributed by atoms with E-state index in [1.165, 1.54) is 24.3 Å². The van der Waals surface area contributed by atoms with E-state index in [9.17, 15) is 22.4 Å². The molecular weight excluding hydrogens is 506 g/mol. The Morgan fingerprint density at radius 2 is 1.47 bits per heavy atom. The first-order valence-electron chi connectivity index (χ1n) is 12.0. The number of pyridine rings is 1. The number of benzene rings is 3. The number of nitrogens with one attached hydrogen (secondary N) is 1. The fourth-order valence-electron chi connectivity index (χ4n) is 4.46. The van der Waals surface area contributed by atoms with Crippen molar-refractivity contribution in [1.29, 1.82) is 0 Å². The van der Waals surface area contributed by atoms with Crippen LogP contribution in [0.15, 0.2) is 83.9 Å². The summed E-state index contributed by atoms with van der Waals surface area (Å²) in [6.07, 6.45) is 1.54. The van der Waals surface area contributed by atoms with E-state index in [4.69, 9.17) is 0 Å². The molecule has 1 aromatic heterocycles. The summed E-state index contributed by atoms with van der Waals surface area (Å²) < 4.78 is 43.0. The smallest absolute Gasteiger partial charge is 0.264 e. The van der Waals surface area contributed by atoms with E-state index in [0.717, 1.165) is 0 Å². The summed E-state index contributed by atoms with van der Waals surface area (Å²) in [4.78, 5) is 33.2. The van der Waals surface area contributed by atoms with Crippen LogP contribution in [0.3, 0.4) is 0 Å². The molecule has 4 aromatic rings. The second kappa shape index (κ2) is 10.3. The van der Waals surface area contributed by atoms with Crippen molar-refractivity contribution >= 4 is 51.7 Å². The van der Waals surface area contributed by atoms with Crippen LogP contribution in [-0.2, 0) is 10.0 Å². The molecule has 0 aliphatic carbocycles. The number of aromatic nitrogens is 1. The topological polar surface area (TPSA) is 99.7 Å². The quantitative estimate of drug-likeness (QED) is 0.399.